The minimum Gasteiger partial charge on any atom is -0.293 e. The molecule has 5 rings (SSSR count). The highest BCUT2D eigenvalue weighted by Gasteiger charge is 2.53. The molecular weight excluding hydrogens is 374 g/mol. The van der Waals surface area contributed by atoms with Crippen molar-refractivity contribution in [2.24, 2.45) is 18.9 Å². The van der Waals surface area contributed by atoms with Gasteiger partial charge >= 0.3 is 0 Å². The van der Waals surface area contributed by atoms with Crippen molar-refractivity contribution in [2.75, 3.05) is 0 Å². The molecule has 0 N–H and O–H groups in total. The Morgan fingerprint density at radius 1 is 1.20 bits per heavy atom. The summed E-state index contributed by atoms with van der Waals surface area (Å²) in [5.41, 5.74) is 4.66. The number of hydrogen-bond acceptors (Lipinski definition) is 5. The van der Waals surface area contributed by atoms with Gasteiger partial charge in [0.1, 0.15) is 12.4 Å². The van der Waals surface area contributed by atoms with Crippen molar-refractivity contribution < 1.29 is 4.79 Å². The Morgan fingerprint density at radius 3 is 2.63 bits per heavy atom. The van der Waals surface area contributed by atoms with Crippen LogP contribution in [-0.2, 0) is 23.7 Å². The van der Waals surface area contributed by atoms with Gasteiger partial charge in [0, 0.05) is 36.5 Å². The average molecular weight is 395 g/mol. The van der Waals surface area contributed by atoms with Crippen molar-refractivity contribution in [3.05, 3.63) is 77.5 Å². The summed E-state index contributed by atoms with van der Waals surface area (Å²) in [6.07, 6.45) is 8.66. The lowest BCUT2D eigenvalue weighted by Gasteiger charge is -2.46. The molecule has 0 saturated heterocycles. The molecule has 0 radical (unpaired) electrons. The van der Waals surface area contributed by atoms with Gasteiger partial charge in [0.15, 0.2) is 5.78 Å². The molecule has 2 aromatic heterocycles. The van der Waals surface area contributed by atoms with Crippen LogP contribution in [0.25, 0.3) is 11.3 Å². The van der Waals surface area contributed by atoms with E-state index in [1.165, 1.54) is 6.33 Å². The predicted molar refractivity (Wildman–Crippen MR) is 111 cm³/mol. The minimum absolute atomic E-state index is 0.0479. The number of Topliss-reactive ketones (excluding diaryl/α,β-unsaturated/α-hetero) is 1. The number of hydrogen-bond donors (Lipinski definition) is 0. The molecule has 3 aromatic rings. The third kappa shape index (κ3) is 2.42. The maximum Gasteiger partial charge on any atom is 0.176 e. The molecule has 3 atom stereocenters. The first-order valence-corrected chi connectivity index (χ1v) is 10.1. The Kier molecular flexibility index (Phi) is 4.14. The molecular formula is C24H21N5O. The number of aromatic nitrogens is 4. The largest absolute Gasteiger partial charge is 0.293 e. The maximum atomic E-state index is 12.9. The van der Waals surface area contributed by atoms with E-state index in [1.807, 2.05) is 42.9 Å². The van der Waals surface area contributed by atoms with Crippen LogP contribution in [0.2, 0.25) is 0 Å². The second kappa shape index (κ2) is 6.74. The minimum atomic E-state index is -0.612. The highest BCUT2D eigenvalue weighted by molar-refractivity contribution is 6.02. The first kappa shape index (κ1) is 18.4. The molecule has 1 aromatic carbocycles. The number of aryl methyl sites for hydroxylation is 1. The van der Waals surface area contributed by atoms with Gasteiger partial charge in [-0.15, -0.1) is 0 Å². The van der Waals surface area contributed by atoms with Crippen LogP contribution >= 0.6 is 0 Å². The topological polar surface area (TPSA) is 84.5 Å². The third-order valence-corrected chi connectivity index (χ3v) is 6.69. The molecule has 0 spiro atoms. The van der Waals surface area contributed by atoms with Crippen molar-refractivity contribution >= 4 is 5.78 Å². The molecule has 148 valence electrons. The van der Waals surface area contributed by atoms with Crippen LogP contribution in [0.3, 0.4) is 0 Å². The number of fused-ring (bicyclic) bond motifs is 3. The van der Waals surface area contributed by atoms with Gasteiger partial charge in [-0.05, 0) is 30.4 Å². The summed E-state index contributed by atoms with van der Waals surface area (Å²) in [5.74, 6) is -0.264. The van der Waals surface area contributed by atoms with Gasteiger partial charge in [-0.25, -0.2) is 9.97 Å². The zero-order valence-electron chi connectivity index (χ0n) is 16.9. The number of ketones is 1. The van der Waals surface area contributed by atoms with E-state index in [-0.39, 0.29) is 23.2 Å². The lowest BCUT2D eigenvalue weighted by atomic mass is 9.54. The SMILES string of the molecule is CC1C(=O)C(C#N)=C[C@]2(c3ccccc3)c3nn(C)c(-c4cncnc4)c3CCC12. The van der Waals surface area contributed by atoms with Gasteiger partial charge in [-0.1, -0.05) is 37.3 Å². The molecule has 0 bridgehead atoms. The first-order chi connectivity index (χ1) is 14.6. The molecule has 30 heavy (non-hydrogen) atoms. The highest BCUT2D eigenvalue weighted by Crippen LogP contribution is 2.54. The summed E-state index contributed by atoms with van der Waals surface area (Å²) in [4.78, 5) is 21.2. The summed E-state index contributed by atoms with van der Waals surface area (Å²) in [6.45, 7) is 1.95. The van der Waals surface area contributed by atoms with Crippen LogP contribution in [0, 0.1) is 23.2 Å². The summed E-state index contributed by atoms with van der Waals surface area (Å²) in [5, 5.41) is 14.7. The fourth-order valence-electron chi connectivity index (χ4n) is 5.40. The number of nitrogens with zero attached hydrogens (tertiary/aromatic N) is 5. The first-order valence-electron chi connectivity index (χ1n) is 10.1. The van der Waals surface area contributed by atoms with Crippen LogP contribution in [0.15, 0.2) is 60.7 Å². The lowest BCUT2D eigenvalue weighted by Crippen LogP contribution is -2.48. The molecule has 0 fully saturated rings. The van der Waals surface area contributed by atoms with Crippen molar-refractivity contribution in [3.8, 4) is 17.3 Å². The number of allylic oxidation sites excluding steroid dienone is 2. The quantitative estimate of drug-likeness (QED) is 0.664. The van der Waals surface area contributed by atoms with E-state index in [1.54, 1.807) is 12.4 Å². The molecule has 6 nitrogen and oxygen atoms in total. The van der Waals surface area contributed by atoms with E-state index < -0.39 is 5.41 Å². The zero-order chi connectivity index (χ0) is 20.9. The highest BCUT2D eigenvalue weighted by atomic mass is 16.1. The van der Waals surface area contributed by atoms with Crippen LogP contribution in [0.5, 0.6) is 0 Å². The fourth-order valence-corrected chi connectivity index (χ4v) is 5.40. The second-order valence-electron chi connectivity index (χ2n) is 8.13. The van der Waals surface area contributed by atoms with Crippen LogP contribution < -0.4 is 0 Å². The third-order valence-electron chi connectivity index (χ3n) is 6.69. The molecule has 0 saturated carbocycles. The Balaban J connectivity index is 1.85. The van der Waals surface area contributed by atoms with E-state index in [0.717, 1.165) is 40.9 Å². The van der Waals surface area contributed by atoms with E-state index in [4.69, 9.17) is 5.10 Å². The zero-order valence-corrected chi connectivity index (χ0v) is 16.9. The van der Waals surface area contributed by atoms with Crippen molar-refractivity contribution in [1.29, 1.82) is 5.26 Å². The van der Waals surface area contributed by atoms with Gasteiger partial charge in [0.2, 0.25) is 0 Å². The molecule has 2 unspecified atom stereocenters. The molecule has 6 heteroatoms. The van der Waals surface area contributed by atoms with Gasteiger partial charge in [0.05, 0.1) is 22.4 Å². The molecule has 2 aliphatic rings. The van der Waals surface area contributed by atoms with Crippen LogP contribution in [-0.4, -0.2) is 25.5 Å². The fraction of sp³-hybridized carbons (Fsp3) is 0.292. The summed E-state index contributed by atoms with van der Waals surface area (Å²) >= 11 is 0. The summed E-state index contributed by atoms with van der Waals surface area (Å²) in [6, 6.07) is 12.3. The van der Waals surface area contributed by atoms with Crippen molar-refractivity contribution in [2.45, 2.75) is 25.2 Å². The van der Waals surface area contributed by atoms with Gasteiger partial charge in [-0.3, -0.25) is 9.48 Å². The Bertz CT molecular complexity index is 1210. The average Bonchev–Trinajstić information content (AvgIpc) is 3.13. The molecule has 0 amide bonds. The van der Waals surface area contributed by atoms with E-state index >= 15 is 0 Å². The van der Waals surface area contributed by atoms with E-state index in [9.17, 15) is 10.1 Å². The second-order valence-corrected chi connectivity index (χ2v) is 8.13. The van der Waals surface area contributed by atoms with Crippen LogP contribution in [0.1, 0.15) is 30.2 Å². The van der Waals surface area contributed by atoms with E-state index in [0.29, 0.717) is 0 Å². The Morgan fingerprint density at radius 2 is 1.93 bits per heavy atom. The number of rotatable bonds is 2. The molecule has 2 heterocycles. The normalized spacial score (nSPS) is 25.1. The monoisotopic (exact) mass is 395 g/mol. The van der Waals surface area contributed by atoms with Crippen LogP contribution in [0.4, 0.5) is 0 Å². The molecule has 2 aliphatic carbocycles. The Labute approximate surface area is 174 Å². The number of benzene rings is 1. The lowest BCUT2D eigenvalue weighted by molar-refractivity contribution is -0.121. The maximum absolute atomic E-state index is 12.9. The van der Waals surface area contributed by atoms with Crippen molar-refractivity contribution in [3.63, 3.8) is 0 Å². The molecule has 0 aliphatic heterocycles. The Hall–Kier alpha value is -3.59. The number of carbonyl (C=O) groups excluding carboxylic acids is 1. The van der Waals surface area contributed by atoms with Gasteiger partial charge in [0.25, 0.3) is 0 Å². The van der Waals surface area contributed by atoms with Gasteiger partial charge < -0.3 is 0 Å². The standard InChI is InChI=1S/C24H21N5O/c1-15-20-9-8-19-21(17-12-26-14-27-13-17)29(2)28-23(19)24(20,10-16(11-25)22(15)30)18-6-4-3-5-7-18/h3-7,10,12-15,20H,8-9H2,1-2H3/t15?,20?,24-/m1/s1. The summed E-state index contributed by atoms with van der Waals surface area (Å²) < 4.78 is 1.89. The smallest absolute Gasteiger partial charge is 0.176 e. The predicted octanol–water partition coefficient (Wildman–Crippen LogP) is 3.39. The number of carbonyl (C=O) groups is 1. The van der Waals surface area contributed by atoms with Crippen molar-refractivity contribution in [1.82, 2.24) is 19.7 Å². The summed E-state index contributed by atoms with van der Waals surface area (Å²) in [7, 11) is 1.93. The van der Waals surface area contributed by atoms with Gasteiger partial charge in [-0.2, -0.15) is 10.4 Å². The van der Waals surface area contributed by atoms with E-state index in [2.05, 4.69) is 28.2 Å². The number of nitriles is 1.